The third kappa shape index (κ3) is 4.06. The Morgan fingerprint density at radius 2 is 1.79 bits per heavy atom. The average Bonchev–Trinajstić information content (AvgIpc) is 3.39. The van der Waals surface area contributed by atoms with Crippen LogP contribution in [0.5, 0.6) is 0 Å². The van der Waals surface area contributed by atoms with Gasteiger partial charge in [0.05, 0.1) is 18.3 Å². The fourth-order valence-corrected chi connectivity index (χ4v) is 3.62. The Bertz CT molecular complexity index is 994. The molecule has 1 fully saturated rings. The van der Waals surface area contributed by atoms with Crippen molar-refractivity contribution in [1.82, 2.24) is 14.9 Å². The minimum absolute atomic E-state index is 0.00802. The zero-order chi connectivity index (χ0) is 20.4. The number of aryl methyl sites for hydroxylation is 1. The minimum Gasteiger partial charge on any atom is -0.349 e. The predicted molar refractivity (Wildman–Crippen MR) is 112 cm³/mol. The number of benzene rings is 2. The molecule has 6 nitrogen and oxygen atoms in total. The smallest absolute Gasteiger partial charge is 0.227 e. The van der Waals surface area contributed by atoms with Crippen LogP contribution in [0, 0.1) is 12.8 Å². The van der Waals surface area contributed by atoms with Crippen LogP contribution in [-0.4, -0.2) is 27.9 Å². The molecule has 148 valence electrons. The van der Waals surface area contributed by atoms with Gasteiger partial charge in [0.25, 0.3) is 0 Å². The van der Waals surface area contributed by atoms with E-state index < -0.39 is 0 Å². The Morgan fingerprint density at radius 1 is 1.10 bits per heavy atom. The van der Waals surface area contributed by atoms with Crippen molar-refractivity contribution in [3.63, 3.8) is 0 Å². The number of nitrogens with zero attached hydrogens (tertiary/aromatic N) is 3. The van der Waals surface area contributed by atoms with Crippen molar-refractivity contribution >= 4 is 17.5 Å². The van der Waals surface area contributed by atoms with Crippen molar-refractivity contribution < 1.29 is 9.59 Å². The van der Waals surface area contributed by atoms with Crippen LogP contribution in [0.25, 0.3) is 5.69 Å². The molecule has 1 saturated heterocycles. The fraction of sp³-hybridized carbons (Fsp3) is 0.261. The van der Waals surface area contributed by atoms with E-state index in [1.54, 1.807) is 17.4 Å². The van der Waals surface area contributed by atoms with Crippen molar-refractivity contribution in [2.75, 3.05) is 11.4 Å². The van der Waals surface area contributed by atoms with Gasteiger partial charge < -0.3 is 14.8 Å². The van der Waals surface area contributed by atoms with Gasteiger partial charge in [-0.25, -0.2) is 4.98 Å². The molecule has 1 aliphatic rings. The van der Waals surface area contributed by atoms with Crippen LogP contribution in [0.15, 0.2) is 67.3 Å². The highest BCUT2D eigenvalue weighted by atomic mass is 16.2. The molecule has 4 rings (SSSR count). The summed E-state index contributed by atoms with van der Waals surface area (Å²) >= 11 is 0. The number of carbonyl (C=O) groups excluding carboxylic acids is 2. The Kier molecular flexibility index (Phi) is 5.16. The molecule has 2 aromatic carbocycles. The average molecular weight is 388 g/mol. The maximum Gasteiger partial charge on any atom is 0.227 e. The molecule has 3 aromatic rings. The molecule has 0 spiro atoms. The van der Waals surface area contributed by atoms with Gasteiger partial charge in [-0.3, -0.25) is 9.59 Å². The zero-order valence-electron chi connectivity index (χ0n) is 16.6. The lowest BCUT2D eigenvalue weighted by Crippen LogP contribution is -2.34. The van der Waals surface area contributed by atoms with E-state index in [1.165, 1.54) is 0 Å². The topological polar surface area (TPSA) is 67.2 Å². The molecule has 0 aliphatic carbocycles. The summed E-state index contributed by atoms with van der Waals surface area (Å²) < 4.78 is 1.93. The number of hydrogen-bond donors (Lipinski definition) is 1. The molecule has 1 aromatic heterocycles. The van der Waals surface area contributed by atoms with Crippen LogP contribution >= 0.6 is 0 Å². The third-order valence-electron chi connectivity index (χ3n) is 5.40. The summed E-state index contributed by atoms with van der Waals surface area (Å²) in [6.07, 6.45) is 5.61. The fourth-order valence-electron chi connectivity index (χ4n) is 3.62. The summed E-state index contributed by atoms with van der Waals surface area (Å²) in [6.45, 7) is 4.38. The molecule has 0 saturated carbocycles. The maximum absolute atomic E-state index is 12.8. The molecule has 1 N–H and O–H groups in total. The molecule has 0 bridgehead atoms. The second-order valence-electron chi connectivity index (χ2n) is 7.53. The summed E-state index contributed by atoms with van der Waals surface area (Å²) in [7, 11) is 0. The first-order valence-corrected chi connectivity index (χ1v) is 9.77. The van der Waals surface area contributed by atoms with Gasteiger partial charge in [-0.15, -0.1) is 0 Å². The molecule has 6 heteroatoms. The largest absolute Gasteiger partial charge is 0.349 e. The standard InChI is InChI=1S/C23H24N4O2/c1-16-3-7-21(8-4-16)27-14-19(13-22(27)28)23(29)25-17(2)18-5-9-20(10-6-18)26-12-11-24-15-26/h3-12,15,17,19H,13-14H2,1-2H3,(H,25,29). The first-order chi connectivity index (χ1) is 14.0. The van der Waals surface area contributed by atoms with Gasteiger partial charge >= 0.3 is 0 Å². The third-order valence-corrected chi connectivity index (χ3v) is 5.40. The number of amides is 2. The molecule has 2 atom stereocenters. The quantitative estimate of drug-likeness (QED) is 0.728. The summed E-state index contributed by atoms with van der Waals surface area (Å²) in [5.41, 5.74) is 4.02. The lowest BCUT2D eigenvalue weighted by molar-refractivity contribution is -0.126. The summed E-state index contributed by atoms with van der Waals surface area (Å²) in [6, 6.07) is 15.7. The summed E-state index contributed by atoms with van der Waals surface area (Å²) in [5, 5.41) is 3.06. The first-order valence-electron chi connectivity index (χ1n) is 9.77. The van der Waals surface area contributed by atoms with E-state index >= 15 is 0 Å². The van der Waals surface area contributed by atoms with Crippen LogP contribution in [0.4, 0.5) is 5.69 Å². The molecule has 1 aliphatic heterocycles. The van der Waals surface area contributed by atoms with Gasteiger partial charge in [0.1, 0.15) is 0 Å². The van der Waals surface area contributed by atoms with E-state index in [-0.39, 0.29) is 30.2 Å². The van der Waals surface area contributed by atoms with Gasteiger partial charge in [0.2, 0.25) is 11.8 Å². The lowest BCUT2D eigenvalue weighted by Gasteiger charge is -2.19. The van der Waals surface area contributed by atoms with E-state index in [1.807, 2.05) is 73.1 Å². The van der Waals surface area contributed by atoms with E-state index in [0.29, 0.717) is 6.54 Å². The highest BCUT2D eigenvalue weighted by molar-refractivity contribution is 6.00. The van der Waals surface area contributed by atoms with Crippen LogP contribution in [0.3, 0.4) is 0 Å². The van der Waals surface area contributed by atoms with Gasteiger partial charge in [-0.2, -0.15) is 0 Å². The maximum atomic E-state index is 12.8. The number of aromatic nitrogens is 2. The Labute approximate surface area is 170 Å². The monoisotopic (exact) mass is 388 g/mol. The van der Waals surface area contributed by atoms with E-state index in [2.05, 4.69) is 10.3 Å². The second-order valence-corrected chi connectivity index (χ2v) is 7.53. The van der Waals surface area contributed by atoms with Gasteiger partial charge in [-0.1, -0.05) is 29.8 Å². The molecule has 2 heterocycles. The van der Waals surface area contributed by atoms with Crippen molar-refractivity contribution in [2.24, 2.45) is 5.92 Å². The molecule has 2 amide bonds. The van der Waals surface area contributed by atoms with E-state index in [4.69, 9.17) is 0 Å². The Balaban J connectivity index is 1.38. The Morgan fingerprint density at radius 3 is 2.45 bits per heavy atom. The minimum atomic E-state index is -0.337. The number of hydrogen-bond acceptors (Lipinski definition) is 3. The van der Waals surface area contributed by atoms with E-state index in [9.17, 15) is 9.59 Å². The van der Waals surface area contributed by atoms with Crippen molar-refractivity contribution in [2.45, 2.75) is 26.3 Å². The number of nitrogens with one attached hydrogen (secondary N) is 1. The number of imidazole rings is 1. The number of rotatable bonds is 5. The zero-order valence-corrected chi connectivity index (χ0v) is 16.6. The Hall–Kier alpha value is -3.41. The van der Waals surface area contributed by atoms with Crippen molar-refractivity contribution in [3.8, 4) is 5.69 Å². The summed E-state index contributed by atoms with van der Waals surface area (Å²) in [4.78, 5) is 30.9. The van der Waals surface area contributed by atoms with Gasteiger partial charge in [0.15, 0.2) is 0 Å². The normalized spacial score (nSPS) is 17.4. The van der Waals surface area contributed by atoms with E-state index in [0.717, 1.165) is 22.5 Å². The lowest BCUT2D eigenvalue weighted by atomic mass is 10.0. The SMILES string of the molecule is Cc1ccc(N2CC(C(=O)NC(C)c3ccc(-n4ccnc4)cc3)CC2=O)cc1. The van der Waals surface area contributed by atoms with Gasteiger partial charge in [-0.05, 0) is 43.7 Å². The van der Waals surface area contributed by atoms with Crippen molar-refractivity contribution in [3.05, 3.63) is 78.4 Å². The molecule has 0 radical (unpaired) electrons. The van der Waals surface area contributed by atoms with Crippen LogP contribution in [0.1, 0.15) is 30.5 Å². The molecular weight excluding hydrogens is 364 g/mol. The highest BCUT2D eigenvalue weighted by Crippen LogP contribution is 2.26. The van der Waals surface area contributed by atoms with Crippen LogP contribution in [-0.2, 0) is 9.59 Å². The molecule has 2 unspecified atom stereocenters. The highest BCUT2D eigenvalue weighted by Gasteiger charge is 2.35. The summed E-state index contributed by atoms with van der Waals surface area (Å²) in [5.74, 6) is -0.429. The first kappa shape index (κ1) is 18.9. The predicted octanol–water partition coefficient (Wildman–Crippen LogP) is 3.41. The van der Waals surface area contributed by atoms with Crippen molar-refractivity contribution in [1.29, 1.82) is 0 Å². The second kappa shape index (κ2) is 7.91. The van der Waals surface area contributed by atoms with Crippen LogP contribution in [0.2, 0.25) is 0 Å². The number of carbonyl (C=O) groups is 2. The molecule has 29 heavy (non-hydrogen) atoms. The van der Waals surface area contributed by atoms with Gasteiger partial charge in [0, 0.05) is 36.7 Å². The van der Waals surface area contributed by atoms with Crippen LogP contribution < -0.4 is 10.2 Å². The molecular formula is C23H24N4O2. The number of anilines is 1.